The largest absolute Gasteiger partial charge is 0.544 e. The van der Waals surface area contributed by atoms with Gasteiger partial charge in [-0.3, -0.25) is 5.10 Å². The molecule has 0 aliphatic heterocycles. The number of hydrogen-bond donors (Lipinski definition) is 1. The molecule has 2 rings (SSSR count). The maximum absolute atomic E-state index is 11.2. The van der Waals surface area contributed by atoms with Crippen LogP contribution in [-0.2, 0) is 4.79 Å². The number of carboxylic acids is 1. The van der Waals surface area contributed by atoms with Crippen LogP contribution in [0.3, 0.4) is 0 Å². The minimum absolute atomic E-state index is 0.0703. The Balaban J connectivity index is 2.22. The van der Waals surface area contributed by atoms with Crippen LogP contribution >= 0.6 is 23.5 Å². The number of aryl methyl sites for hydroxylation is 1. The lowest BCUT2D eigenvalue weighted by atomic mass is 10.2. The van der Waals surface area contributed by atoms with Crippen molar-refractivity contribution in [2.45, 2.75) is 17.0 Å². The van der Waals surface area contributed by atoms with Gasteiger partial charge in [-0.25, -0.2) is 4.98 Å². The molecule has 2 aromatic rings. The molecular weight excluding hydrogens is 294 g/mol. The molecule has 0 atom stereocenters. The van der Waals surface area contributed by atoms with Crippen LogP contribution in [0.2, 0.25) is 0 Å². The molecule has 104 valence electrons. The number of carbonyl (C=O) groups is 1. The predicted octanol–water partition coefficient (Wildman–Crippen LogP) is 1.72. The number of hydrogen-bond acceptors (Lipinski definition) is 6. The minimum Gasteiger partial charge on any atom is -0.544 e. The third-order valence-corrected chi connectivity index (χ3v) is 4.01. The number of rotatable bonds is 5. The molecule has 0 fully saturated rings. The molecule has 0 bridgehead atoms. The van der Waals surface area contributed by atoms with Crippen molar-refractivity contribution in [3.05, 3.63) is 40.6 Å². The lowest BCUT2D eigenvalue weighted by molar-refractivity contribution is -0.297. The Labute approximate surface area is 124 Å². The number of aromatic amines is 1. The molecule has 0 spiro atoms. The SMILES string of the molecule is CSc1ccc(/C=C(/Sc2n[nH]c(C)n2)C(=O)[O-])cc1. The molecule has 0 saturated carbocycles. The second kappa shape index (κ2) is 6.62. The van der Waals surface area contributed by atoms with Crippen LogP contribution in [0.15, 0.2) is 39.2 Å². The summed E-state index contributed by atoms with van der Waals surface area (Å²) < 4.78 is 0. The molecule has 0 unspecified atom stereocenters. The number of benzene rings is 1. The maximum atomic E-state index is 11.2. The van der Waals surface area contributed by atoms with Crippen LogP contribution < -0.4 is 5.11 Å². The van der Waals surface area contributed by atoms with Gasteiger partial charge < -0.3 is 9.90 Å². The van der Waals surface area contributed by atoms with Crippen LogP contribution in [0, 0.1) is 6.92 Å². The van der Waals surface area contributed by atoms with Crippen molar-refractivity contribution < 1.29 is 9.90 Å². The first-order valence-electron chi connectivity index (χ1n) is 5.72. The summed E-state index contributed by atoms with van der Waals surface area (Å²) in [4.78, 5) is 16.4. The third kappa shape index (κ3) is 3.88. The molecule has 0 saturated heterocycles. The van der Waals surface area contributed by atoms with Gasteiger partial charge in [0.15, 0.2) is 0 Å². The Bertz CT molecular complexity index is 635. The number of thioether (sulfide) groups is 2. The molecule has 0 amide bonds. The molecule has 0 aliphatic rings. The fourth-order valence-electron chi connectivity index (χ4n) is 1.45. The zero-order valence-corrected chi connectivity index (χ0v) is 12.5. The number of carboxylic acid groups (broad SMARTS) is 1. The molecule has 0 radical (unpaired) electrons. The Morgan fingerprint density at radius 3 is 2.55 bits per heavy atom. The van der Waals surface area contributed by atoms with Crippen LogP contribution in [0.4, 0.5) is 0 Å². The zero-order valence-electron chi connectivity index (χ0n) is 10.9. The topological polar surface area (TPSA) is 81.7 Å². The van der Waals surface area contributed by atoms with Crippen molar-refractivity contribution in [2.24, 2.45) is 0 Å². The van der Waals surface area contributed by atoms with Crippen LogP contribution in [0.25, 0.3) is 6.08 Å². The van der Waals surface area contributed by atoms with Gasteiger partial charge in [0, 0.05) is 9.80 Å². The van der Waals surface area contributed by atoms with Crippen molar-refractivity contribution in [2.75, 3.05) is 6.26 Å². The Morgan fingerprint density at radius 1 is 1.35 bits per heavy atom. The van der Waals surface area contributed by atoms with E-state index < -0.39 is 5.97 Å². The van der Waals surface area contributed by atoms with Gasteiger partial charge in [0.1, 0.15) is 5.82 Å². The van der Waals surface area contributed by atoms with Crippen LogP contribution in [0.5, 0.6) is 0 Å². The van der Waals surface area contributed by atoms with Gasteiger partial charge in [-0.15, -0.1) is 16.9 Å². The van der Waals surface area contributed by atoms with E-state index in [0.29, 0.717) is 11.0 Å². The van der Waals surface area contributed by atoms with Gasteiger partial charge in [-0.05, 0) is 48.7 Å². The van der Waals surface area contributed by atoms with Gasteiger partial charge in [0.25, 0.3) is 0 Å². The lowest BCUT2D eigenvalue weighted by Crippen LogP contribution is -2.23. The number of nitrogens with zero attached hydrogens (tertiary/aromatic N) is 2. The van der Waals surface area contributed by atoms with Crippen molar-refractivity contribution in [1.29, 1.82) is 0 Å². The second-order valence-electron chi connectivity index (χ2n) is 3.87. The molecular formula is C13H12N3O2S2-. The van der Waals surface area contributed by atoms with Gasteiger partial charge in [-0.1, -0.05) is 12.1 Å². The van der Waals surface area contributed by atoms with E-state index in [4.69, 9.17) is 0 Å². The second-order valence-corrected chi connectivity index (χ2v) is 5.76. The summed E-state index contributed by atoms with van der Waals surface area (Å²) in [5.41, 5.74) is 0.793. The van der Waals surface area contributed by atoms with E-state index in [1.165, 1.54) is 0 Å². The van der Waals surface area contributed by atoms with Crippen LogP contribution in [0.1, 0.15) is 11.4 Å². The number of aromatic nitrogens is 3. The van der Waals surface area contributed by atoms with E-state index >= 15 is 0 Å². The maximum Gasteiger partial charge on any atom is 0.213 e. The number of carbonyl (C=O) groups excluding carboxylic acids is 1. The van der Waals surface area contributed by atoms with Gasteiger partial charge in [-0.2, -0.15) is 0 Å². The summed E-state index contributed by atoms with van der Waals surface area (Å²) in [6.45, 7) is 1.75. The molecule has 20 heavy (non-hydrogen) atoms. The van der Waals surface area contributed by atoms with Crippen molar-refractivity contribution in [1.82, 2.24) is 15.2 Å². The molecule has 1 N–H and O–H groups in total. The average molecular weight is 306 g/mol. The fraction of sp³-hybridized carbons (Fsp3) is 0.154. The fourth-order valence-corrected chi connectivity index (χ4v) is 2.60. The first kappa shape index (κ1) is 14.7. The summed E-state index contributed by atoms with van der Waals surface area (Å²) in [6.07, 6.45) is 3.54. The van der Waals surface area contributed by atoms with E-state index in [0.717, 1.165) is 22.2 Å². The molecule has 1 aromatic heterocycles. The highest BCUT2D eigenvalue weighted by Gasteiger charge is 2.07. The highest BCUT2D eigenvalue weighted by molar-refractivity contribution is 8.04. The number of H-pyrrole nitrogens is 1. The molecule has 7 heteroatoms. The smallest absolute Gasteiger partial charge is 0.213 e. The summed E-state index contributed by atoms with van der Waals surface area (Å²) in [6, 6.07) is 7.59. The quantitative estimate of drug-likeness (QED) is 0.669. The summed E-state index contributed by atoms with van der Waals surface area (Å²) in [7, 11) is 0. The van der Waals surface area contributed by atoms with E-state index in [2.05, 4.69) is 15.2 Å². The molecule has 1 heterocycles. The van der Waals surface area contributed by atoms with E-state index in [9.17, 15) is 9.90 Å². The monoisotopic (exact) mass is 306 g/mol. The average Bonchev–Trinajstić information content (AvgIpc) is 2.84. The zero-order chi connectivity index (χ0) is 14.5. The minimum atomic E-state index is -1.24. The van der Waals surface area contributed by atoms with Gasteiger partial charge in [0.05, 0.1) is 5.97 Å². The van der Waals surface area contributed by atoms with Crippen molar-refractivity contribution >= 4 is 35.6 Å². The summed E-state index contributed by atoms with van der Waals surface area (Å²) in [5.74, 6) is -0.610. The summed E-state index contributed by atoms with van der Waals surface area (Å²) in [5, 5.41) is 18.1. The number of nitrogens with one attached hydrogen (secondary N) is 1. The van der Waals surface area contributed by atoms with Crippen molar-refractivity contribution in [3.63, 3.8) is 0 Å². The standard InChI is InChI=1S/C13H13N3O2S2/c1-8-14-13(16-15-8)20-11(12(17)18)7-9-3-5-10(19-2)6-4-9/h3-7H,1-2H3,(H,17,18)(H,14,15,16)/p-1/b11-7+. The lowest BCUT2D eigenvalue weighted by Gasteiger charge is -2.06. The molecule has 5 nitrogen and oxygen atoms in total. The normalized spacial score (nSPS) is 11.6. The Hall–Kier alpha value is -1.73. The first-order chi connectivity index (χ1) is 9.58. The Morgan fingerprint density at radius 2 is 2.05 bits per heavy atom. The van der Waals surface area contributed by atoms with Crippen molar-refractivity contribution in [3.8, 4) is 0 Å². The number of aliphatic carboxylic acids is 1. The van der Waals surface area contributed by atoms with Gasteiger partial charge in [0.2, 0.25) is 5.16 Å². The molecule has 1 aromatic carbocycles. The van der Waals surface area contributed by atoms with Crippen LogP contribution in [-0.4, -0.2) is 27.4 Å². The van der Waals surface area contributed by atoms with E-state index in [1.807, 2.05) is 30.5 Å². The van der Waals surface area contributed by atoms with E-state index in [-0.39, 0.29) is 4.91 Å². The molecule has 0 aliphatic carbocycles. The highest BCUT2D eigenvalue weighted by Crippen LogP contribution is 2.25. The van der Waals surface area contributed by atoms with E-state index in [1.54, 1.807) is 24.8 Å². The predicted molar refractivity (Wildman–Crippen MR) is 78.2 cm³/mol. The Kier molecular flexibility index (Phi) is 4.86. The highest BCUT2D eigenvalue weighted by atomic mass is 32.2. The third-order valence-electron chi connectivity index (χ3n) is 2.39. The summed E-state index contributed by atoms with van der Waals surface area (Å²) >= 11 is 2.59. The van der Waals surface area contributed by atoms with Gasteiger partial charge >= 0.3 is 0 Å². The first-order valence-corrected chi connectivity index (χ1v) is 7.76.